The molecule has 0 bridgehead atoms. The van der Waals surface area contributed by atoms with E-state index in [1.165, 1.54) is 0 Å². The van der Waals surface area contributed by atoms with Crippen LogP contribution in [0.2, 0.25) is 0 Å². The first-order valence-electron chi connectivity index (χ1n) is 10.6. The van der Waals surface area contributed by atoms with Gasteiger partial charge in [0.05, 0.1) is 19.4 Å². The highest BCUT2D eigenvalue weighted by Gasteiger charge is 2.28. The number of benzene rings is 4. The molecule has 9 nitrogen and oxygen atoms in total. The maximum Gasteiger partial charge on any atom is 0.326 e. The van der Waals surface area contributed by atoms with Crippen LogP contribution >= 0.6 is 0 Å². The van der Waals surface area contributed by atoms with Crippen LogP contribution in [0.1, 0.15) is 12.0 Å². The van der Waals surface area contributed by atoms with Crippen LogP contribution in [-0.2, 0) is 25.6 Å². The van der Waals surface area contributed by atoms with Crippen molar-refractivity contribution in [3.05, 3.63) is 60.2 Å². The second-order valence-corrected chi connectivity index (χ2v) is 8.06. The van der Waals surface area contributed by atoms with Crippen LogP contribution < -0.4 is 10.6 Å². The molecule has 2 atom stereocenters. The summed E-state index contributed by atoms with van der Waals surface area (Å²) in [6.45, 7) is -0.782. The van der Waals surface area contributed by atoms with E-state index in [-0.39, 0.29) is 6.42 Å². The fourth-order valence-corrected chi connectivity index (χ4v) is 4.21. The summed E-state index contributed by atoms with van der Waals surface area (Å²) in [7, 11) is 0. The maximum absolute atomic E-state index is 12.7. The van der Waals surface area contributed by atoms with Gasteiger partial charge in [0.1, 0.15) is 12.1 Å². The average Bonchev–Trinajstić information content (AvgIpc) is 2.81. The normalized spacial score (nSPS) is 13.1. The Hall–Kier alpha value is -4.24. The number of hydrogen-bond donors (Lipinski definition) is 5. The first kappa shape index (κ1) is 22.9. The van der Waals surface area contributed by atoms with Crippen molar-refractivity contribution in [2.75, 3.05) is 6.61 Å². The van der Waals surface area contributed by atoms with Crippen molar-refractivity contribution in [3.8, 4) is 0 Å². The Bertz CT molecular complexity index is 1400. The summed E-state index contributed by atoms with van der Waals surface area (Å²) >= 11 is 0. The number of hydrogen-bond acceptors (Lipinski definition) is 5. The molecule has 0 saturated carbocycles. The first-order valence-corrected chi connectivity index (χ1v) is 10.6. The summed E-state index contributed by atoms with van der Waals surface area (Å²) in [5.41, 5.74) is 0.731. The van der Waals surface area contributed by atoms with E-state index in [9.17, 15) is 24.3 Å². The molecule has 0 aliphatic heterocycles. The molecular formula is C25H22N2O7. The molecule has 0 radical (unpaired) electrons. The summed E-state index contributed by atoms with van der Waals surface area (Å²) in [5.74, 6) is -4.48. The van der Waals surface area contributed by atoms with Gasteiger partial charge in [-0.1, -0.05) is 54.6 Å². The molecule has 0 spiro atoms. The number of amides is 2. The average molecular weight is 462 g/mol. The molecule has 0 aliphatic rings. The van der Waals surface area contributed by atoms with E-state index in [4.69, 9.17) is 10.2 Å². The van der Waals surface area contributed by atoms with Crippen LogP contribution in [0.4, 0.5) is 0 Å². The van der Waals surface area contributed by atoms with Gasteiger partial charge in [-0.15, -0.1) is 0 Å². The Morgan fingerprint density at radius 2 is 1.38 bits per heavy atom. The van der Waals surface area contributed by atoms with Gasteiger partial charge in [-0.05, 0) is 37.9 Å². The summed E-state index contributed by atoms with van der Waals surface area (Å²) in [5, 5.41) is 38.1. The fourth-order valence-electron chi connectivity index (χ4n) is 4.21. The molecule has 5 N–H and O–H groups in total. The zero-order valence-electron chi connectivity index (χ0n) is 17.9. The lowest BCUT2D eigenvalue weighted by molar-refractivity contribution is -0.147. The Kier molecular flexibility index (Phi) is 6.29. The SMILES string of the molecule is O=C(O)C[C@H](NC(=O)[C@H](CO)NC(=O)Cc1ccc2ccc3cccc4ccc1c2c34)C(=O)O. The standard InChI is InChI=1S/C25H22N2O7/c28-12-19(24(32)27-18(25(33)34)11-21(30)31)26-20(29)10-16-7-6-15-5-4-13-2-1-3-14-8-9-17(16)23(15)22(13)14/h1-9,18-19,28H,10-12H2,(H,26,29)(H,27,32)(H,30,31)(H,33,34)/t18-,19-/m0/s1. The van der Waals surface area contributed by atoms with Crippen LogP contribution in [0, 0.1) is 0 Å². The van der Waals surface area contributed by atoms with Gasteiger partial charge in [0.2, 0.25) is 11.8 Å². The van der Waals surface area contributed by atoms with Crippen molar-refractivity contribution in [2.45, 2.75) is 24.9 Å². The Labute approximate surface area is 193 Å². The Morgan fingerprint density at radius 3 is 2.00 bits per heavy atom. The van der Waals surface area contributed by atoms with Crippen LogP contribution in [-0.4, -0.2) is 57.8 Å². The van der Waals surface area contributed by atoms with Gasteiger partial charge in [-0.25, -0.2) is 4.79 Å². The minimum absolute atomic E-state index is 0.0740. The third-order valence-electron chi connectivity index (χ3n) is 5.80. The molecule has 0 saturated heterocycles. The predicted molar refractivity (Wildman–Crippen MR) is 125 cm³/mol. The topological polar surface area (TPSA) is 153 Å². The van der Waals surface area contributed by atoms with Crippen molar-refractivity contribution >= 4 is 56.1 Å². The molecule has 0 aromatic heterocycles. The number of carbonyl (C=O) groups is 4. The van der Waals surface area contributed by atoms with E-state index in [0.717, 1.165) is 37.9 Å². The predicted octanol–water partition coefficient (Wildman–Crippen LogP) is 1.65. The largest absolute Gasteiger partial charge is 0.481 e. The number of aliphatic carboxylic acids is 2. The summed E-state index contributed by atoms with van der Waals surface area (Å²) in [4.78, 5) is 47.1. The van der Waals surface area contributed by atoms with Gasteiger partial charge in [0, 0.05) is 0 Å². The van der Waals surface area contributed by atoms with E-state index in [2.05, 4.69) is 11.4 Å². The van der Waals surface area contributed by atoms with E-state index in [1.54, 1.807) is 0 Å². The molecule has 0 aliphatic carbocycles. The number of rotatable bonds is 9. The third kappa shape index (κ3) is 4.46. The van der Waals surface area contributed by atoms with Crippen molar-refractivity contribution < 1.29 is 34.5 Å². The van der Waals surface area contributed by atoms with Gasteiger partial charge in [0.25, 0.3) is 0 Å². The number of carboxylic acid groups (broad SMARTS) is 2. The molecule has 4 aromatic carbocycles. The lowest BCUT2D eigenvalue weighted by atomic mass is 9.91. The lowest BCUT2D eigenvalue weighted by Gasteiger charge is -2.19. The molecule has 0 unspecified atom stereocenters. The first-order chi connectivity index (χ1) is 16.3. The molecule has 9 heteroatoms. The number of nitrogens with one attached hydrogen (secondary N) is 2. The smallest absolute Gasteiger partial charge is 0.326 e. The van der Waals surface area contributed by atoms with Crippen LogP contribution in [0.25, 0.3) is 32.3 Å². The molecule has 4 aromatic rings. The van der Waals surface area contributed by atoms with Crippen LogP contribution in [0.15, 0.2) is 54.6 Å². The number of carbonyl (C=O) groups excluding carboxylic acids is 2. The van der Waals surface area contributed by atoms with Crippen molar-refractivity contribution in [1.82, 2.24) is 10.6 Å². The van der Waals surface area contributed by atoms with Crippen LogP contribution in [0.5, 0.6) is 0 Å². The summed E-state index contributed by atoms with van der Waals surface area (Å²) in [6, 6.07) is 14.7. The quantitative estimate of drug-likeness (QED) is 0.237. The van der Waals surface area contributed by atoms with E-state index < -0.39 is 48.9 Å². The summed E-state index contributed by atoms with van der Waals surface area (Å²) in [6.07, 6.45) is -0.911. The number of aliphatic hydroxyl groups is 1. The summed E-state index contributed by atoms with van der Waals surface area (Å²) < 4.78 is 0. The highest BCUT2D eigenvalue weighted by molar-refractivity contribution is 6.23. The molecule has 0 heterocycles. The van der Waals surface area contributed by atoms with E-state index in [0.29, 0.717) is 0 Å². The molecule has 2 amide bonds. The highest BCUT2D eigenvalue weighted by atomic mass is 16.4. The maximum atomic E-state index is 12.7. The number of aliphatic hydroxyl groups excluding tert-OH is 1. The van der Waals surface area contributed by atoms with Crippen molar-refractivity contribution in [1.29, 1.82) is 0 Å². The van der Waals surface area contributed by atoms with Crippen molar-refractivity contribution in [2.24, 2.45) is 0 Å². The zero-order valence-corrected chi connectivity index (χ0v) is 17.9. The molecule has 174 valence electrons. The van der Waals surface area contributed by atoms with Crippen LogP contribution in [0.3, 0.4) is 0 Å². The zero-order chi connectivity index (χ0) is 24.4. The monoisotopic (exact) mass is 462 g/mol. The Balaban J connectivity index is 1.55. The van der Waals surface area contributed by atoms with Gasteiger partial charge in [-0.3, -0.25) is 14.4 Å². The molecular weight excluding hydrogens is 440 g/mol. The fraction of sp³-hybridized carbons (Fsp3) is 0.200. The minimum atomic E-state index is -1.69. The van der Waals surface area contributed by atoms with Crippen molar-refractivity contribution in [3.63, 3.8) is 0 Å². The molecule has 4 rings (SSSR count). The minimum Gasteiger partial charge on any atom is -0.481 e. The lowest BCUT2D eigenvalue weighted by Crippen LogP contribution is -2.53. The molecule has 0 fully saturated rings. The van der Waals surface area contributed by atoms with E-state index >= 15 is 0 Å². The van der Waals surface area contributed by atoms with Gasteiger partial charge in [-0.2, -0.15) is 0 Å². The third-order valence-corrected chi connectivity index (χ3v) is 5.80. The van der Waals surface area contributed by atoms with Gasteiger partial charge >= 0.3 is 11.9 Å². The number of carboxylic acids is 2. The van der Waals surface area contributed by atoms with E-state index in [1.807, 2.05) is 53.8 Å². The second kappa shape index (κ2) is 9.32. The Morgan fingerprint density at radius 1 is 0.765 bits per heavy atom. The van der Waals surface area contributed by atoms with Gasteiger partial charge < -0.3 is 26.0 Å². The van der Waals surface area contributed by atoms with Gasteiger partial charge in [0.15, 0.2) is 0 Å². The second-order valence-electron chi connectivity index (χ2n) is 8.06. The molecule has 34 heavy (non-hydrogen) atoms. The highest BCUT2D eigenvalue weighted by Crippen LogP contribution is 2.35.